The summed E-state index contributed by atoms with van der Waals surface area (Å²) in [5.41, 5.74) is 7.44. The number of benzene rings is 1. The maximum absolute atomic E-state index is 2.51. The number of hydrogen-bond donors (Lipinski definition) is 0. The van der Waals surface area contributed by atoms with E-state index in [0.717, 1.165) is 39.5 Å². The summed E-state index contributed by atoms with van der Waals surface area (Å²) in [4.78, 5) is 9.83. The maximum atomic E-state index is 2.51. The summed E-state index contributed by atoms with van der Waals surface area (Å²) in [6, 6.07) is 2.45. The first-order valence-corrected chi connectivity index (χ1v) is 8.07. The Morgan fingerprint density at radius 3 is 2.24 bits per heavy atom. The number of hydrogen-bond acceptors (Lipinski definition) is 4. The summed E-state index contributed by atoms with van der Waals surface area (Å²) in [5, 5.41) is 0. The van der Waals surface area contributed by atoms with Gasteiger partial charge >= 0.3 is 0 Å². The third-order valence-electron chi connectivity index (χ3n) is 4.85. The van der Waals surface area contributed by atoms with Crippen LogP contribution in [-0.2, 0) is 13.1 Å². The molecule has 0 aromatic heterocycles. The van der Waals surface area contributed by atoms with Crippen molar-refractivity contribution in [3.05, 3.63) is 22.8 Å². The highest BCUT2D eigenvalue weighted by Gasteiger charge is 2.28. The minimum absolute atomic E-state index is 1.04. The predicted octanol–water partition coefficient (Wildman–Crippen LogP) is 2.45. The Labute approximate surface area is 128 Å². The smallest absolute Gasteiger partial charge is 0.0707 e. The third kappa shape index (κ3) is 2.40. The minimum Gasteiger partial charge on any atom is -0.359 e. The average molecular weight is 288 g/mol. The first kappa shape index (κ1) is 14.7. The van der Waals surface area contributed by atoms with Gasteiger partial charge in [-0.3, -0.25) is 9.80 Å². The Balaban J connectivity index is 2.15. The summed E-state index contributed by atoms with van der Waals surface area (Å²) in [5.74, 6) is 0. The molecule has 4 heteroatoms. The molecule has 0 N–H and O–H groups in total. The molecule has 116 valence electrons. The summed E-state index contributed by atoms with van der Waals surface area (Å²) >= 11 is 0. The second-order valence-corrected chi connectivity index (χ2v) is 6.53. The van der Waals surface area contributed by atoms with Gasteiger partial charge in [0.15, 0.2) is 0 Å². The molecule has 2 heterocycles. The molecule has 0 radical (unpaired) electrons. The van der Waals surface area contributed by atoms with E-state index in [-0.39, 0.29) is 0 Å². The van der Waals surface area contributed by atoms with E-state index in [9.17, 15) is 0 Å². The summed E-state index contributed by atoms with van der Waals surface area (Å²) < 4.78 is 0. The fraction of sp³-hybridized carbons (Fsp3) is 0.647. The molecule has 2 aliphatic rings. The minimum atomic E-state index is 1.04. The van der Waals surface area contributed by atoms with Gasteiger partial charge in [-0.05, 0) is 57.6 Å². The molecule has 0 bridgehead atoms. The molecule has 1 aromatic carbocycles. The molecule has 0 amide bonds. The Morgan fingerprint density at radius 2 is 1.57 bits per heavy atom. The van der Waals surface area contributed by atoms with Crippen LogP contribution in [-0.4, -0.2) is 50.3 Å². The SMILES string of the molecule is CCN1CN(C)Cc2c1cc1c(c2C)N(CC)CN(C)C1. The number of rotatable bonds is 2. The first-order chi connectivity index (χ1) is 10.0. The van der Waals surface area contributed by atoms with Gasteiger partial charge < -0.3 is 9.80 Å². The van der Waals surface area contributed by atoms with Crippen LogP contribution in [0.2, 0.25) is 0 Å². The van der Waals surface area contributed by atoms with Crippen LogP contribution in [0.3, 0.4) is 0 Å². The van der Waals surface area contributed by atoms with E-state index in [0.29, 0.717) is 0 Å². The second kappa shape index (κ2) is 5.50. The van der Waals surface area contributed by atoms with Crippen LogP contribution in [0.25, 0.3) is 0 Å². The summed E-state index contributed by atoms with van der Waals surface area (Å²) in [7, 11) is 4.43. The third-order valence-corrected chi connectivity index (χ3v) is 4.85. The van der Waals surface area contributed by atoms with Crippen molar-refractivity contribution in [1.29, 1.82) is 0 Å². The molecule has 3 rings (SSSR count). The predicted molar refractivity (Wildman–Crippen MR) is 89.9 cm³/mol. The van der Waals surface area contributed by atoms with Crippen molar-refractivity contribution in [1.82, 2.24) is 9.80 Å². The van der Waals surface area contributed by atoms with Crippen LogP contribution in [0, 0.1) is 6.92 Å². The summed E-state index contributed by atoms with van der Waals surface area (Å²) in [6.07, 6.45) is 0. The molecule has 4 nitrogen and oxygen atoms in total. The highest BCUT2D eigenvalue weighted by Crippen LogP contribution is 2.40. The molecule has 0 spiro atoms. The zero-order valence-electron chi connectivity index (χ0n) is 14.1. The number of anilines is 2. The van der Waals surface area contributed by atoms with Gasteiger partial charge in [-0.15, -0.1) is 0 Å². The van der Waals surface area contributed by atoms with E-state index >= 15 is 0 Å². The highest BCUT2D eigenvalue weighted by atomic mass is 15.3. The highest BCUT2D eigenvalue weighted by molar-refractivity contribution is 5.72. The lowest BCUT2D eigenvalue weighted by Gasteiger charge is -2.42. The van der Waals surface area contributed by atoms with Crippen molar-refractivity contribution in [3.63, 3.8) is 0 Å². The van der Waals surface area contributed by atoms with Crippen molar-refractivity contribution in [2.24, 2.45) is 0 Å². The van der Waals surface area contributed by atoms with Crippen LogP contribution in [0.15, 0.2) is 6.07 Å². The lowest BCUT2D eigenvalue weighted by atomic mass is 9.95. The van der Waals surface area contributed by atoms with Crippen LogP contribution in [0.5, 0.6) is 0 Å². The van der Waals surface area contributed by atoms with Crippen molar-refractivity contribution >= 4 is 11.4 Å². The number of nitrogens with zero attached hydrogens (tertiary/aromatic N) is 4. The largest absolute Gasteiger partial charge is 0.359 e. The molecular weight excluding hydrogens is 260 g/mol. The van der Waals surface area contributed by atoms with E-state index in [1.54, 1.807) is 0 Å². The molecule has 0 aliphatic carbocycles. The topological polar surface area (TPSA) is 13.0 Å². The van der Waals surface area contributed by atoms with E-state index in [2.05, 4.69) is 60.5 Å². The molecule has 2 aliphatic heterocycles. The van der Waals surface area contributed by atoms with Crippen LogP contribution >= 0.6 is 0 Å². The van der Waals surface area contributed by atoms with E-state index in [4.69, 9.17) is 0 Å². The molecule has 0 saturated carbocycles. The second-order valence-electron chi connectivity index (χ2n) is 6.53. The lowest BCUT2D eigenvalue weighted by Crippen LogP contribution is -2.43. The van der Waals surface area contributed by atoms with Crippen molar-refractivity contribution < 1.29 is 0 Å². The molecule has 0 saturated heterocycles. The van der Waals surface area contributed by atoms with Crippen molar-refractivity contribution in [2.45, 2.75) is 33.9 Å². The standard InChI is InChI=1S/C17H28N4/c1-6-20-11-19(5)10-15-13(3)17-14(8-16(15)20)9-18(4)12-21(17)7-2/h8H,6-7,9-12H2,1-5H3. The molecular formula is C17H28N4. The van der Waals surface area contributed by atoms with Gasteiger partial charge in [0.25, 0.3) is 0 Å². The fourth-order valence-electron chi connectivity index (χ4n) is 3.86. The quantitative estimate of drug-likeness (QED) is 0.828. The Kier molecular flexibility index (Phi) is 3.84. The molecule has 21 heavy (non-hydrogen) atoms. The molecule has 0 unspecified atom stereocenters. The first-order valence-electron chi connectivity index (χ1n) is 8.07. The Hall–Kier alpha value is -1.26. The van der Waals surface area contributed by atoms with Gasteiger partial charge in [0.1, 0.15) is 0 Å². The van der Waals surface area contributed by atoms with Crippen LogP contribution in [0.1, 0.15) is 30.5 Å². The zero-order chi connectivity index (χ0) is 15.1. The normalized spacial score (nSPS) is 19.7. The van der Waals surface area contributed by atoms with Gasteiger partial charge in [-0.25, -0.2) is 0 Å². The van der Waals surface area contributed by atoms with Gasteiger partial charge in [0, 0.05) is 37.6 Å². The van der Waals surface area contributed by atoms with Gasteiger partial charge in [-0.2, -0.15) is 0 Å². The zero-order valence-corrected chi connectivity index (χ0v) is 14.1. The van der Waals surface area contributed by atoms with Gasteiger partial charge in [0.05, 0.1) is 13.3 Å². The van der Waals surface area contributed by atoms with E-state index < -0.39 is 0 Å². The monoisotopic (exact) mass is 288 g/mol. The fourth-order valence-corrected chi connectivity index (χ4v) is 3.86. The molecule has 0 fully saturated rings. The van der Waals surface area contributed by atoms with Crippen molar-refractivity contribution in [3.8, 4) is 0 Å². The average Bonchev–Trinajstić information content (AvgIpc) is 2.46. The van der Waals surface area contributed by atoms with Gasteiger partial charge in [-0.1, -0.05) is 0 Å². The Morgan fingerprint density at radius 1 is 0.952 bits per heavy atom. The lowest BCUT2D eigenvalue weighted by molar-refractivity contribution is 0.302. The van der Waals surface area contributed by atoms with E-state index in [1.165, 1.54) is 28.1 Å². The Bertz CT molecular complexity index is 540. The molecule has 1 aromatic rings. The van der Waals surface area contributed by atoms with E-state index in [1.807, 2.05) is 0 Å². The number of fused-ring (bicyclic) bond motifs is 2. The summed E-state index contributed by atoms with van der Waals surface area (Å²) in [6.45, 7) is 13.2. The van der Waals surface area contributed by atoms with Crippen LogP contribution in [0.4, 0.5) is 11.4 Å². The van der Waals surface area contributed by atoms with Crippen molar-refractivity contribution in [2.75, 3.05) is 50.3 Å². The maximum Gasteiger partial charge on any atom is 0.0707 e. The molecule has 0 atom stereocenters. The van der Waals surface area contributed by atoms with Gasteiger partial charge in [0.2, 0.25) is 0 Å². The van der Waals surface area contributed by atoms with Crippen LogP contribution < -0.4 is 9.80 Å².